The second kappa shape index (κ2) is 23.4. The van der Waals surface area contributed by atoms with Crippen LogP contribution in [0.1, 0.15) is 86.0 Å². The predicted octanol–water partition coefficient (Wildman–Crippen LogP) is 8.44. The second-order valence-electron chi connectivity index (χ2n) is 8.54. The molecule has 0 atom stereocenters. The number of pyridine rings is 1. The van der Waals surface area contributed by atoms with Crippen LogP contribution in [0.2, 0.25) is 0 Å². The summed E-state index contributed by atoms with van der Waals surface area (Å²) in [7, 11) is 4.04. The highest BCUT2D eigenvalue weighted by molar-refractivity contribution is 7.17. The zero-order valence-corrected chi connectivity index (χ0v) is 28.0. The molecule has 12 heteroatoms. The molecule has 4 N–H and O–H groups in total. The average molecular weight is 637 g/mol. The highest BCUT2D eigenvalue weighted by Crippen LogP contribution is 2.29. The third-order valence-electron chi connectivity index (χ3n) is 4.58. The molecule has 0 bridgehead atoms. The summed E-state index contributed by atoms with van der Waals surface area (Å²) >= 11 is 1.30. The summed E-state index contributed by atoms with van der Waals surface area (Å²) in [5, 5.41) is 6.61. The topological polar surface area (TPSA) is 113 Å². The first-order valence-electron chi connectivity index (χ1n) is 14.1. The molecular weight excluding hydrogens is 589 g/mol. The standard InChI is InChI=1S/C17H23N5OS.C8H6F3NO.C3H6.2C2H6/c1-5-6-12(2)20-16(23)14-10-19-17(24-14)21-15-8-7-13(9-18-15)11-22(3)4;9-8(10,11)6-3-1-2-5(4-6)7(12)13;1-3-2;2*1-2/h6-10H,5,11H2,1-4H3,(H,20,23)(H,18,19,21);1-4H,(H2,12,13);3H,1H2,2H3;2*1-2H3/b12-6+;;;;. The van der Waals surface area contributed by atoms with Gasteiger partial charge in [0.25, 0.3) is 5.91 Å². The Morgan fingerprint density at radius 1 is 1.07 bits per heavy atom. The van der Waals surface area contributed by atoms with Crippen molar-refractivity contribution in [1.82, 2.24) is 20.2 Å². The molecule has 3 aromatic rings. The lowest BCUT2D eigenvalue weighted by molar-refractivity contribution is -0.137. The molecule has 1 aromatic carbocycles. The second-order valence-corrected chi connectivity index (χ2v) is 9.58. The molecule has 0 aliphatic rings. The number of primary amides is 1. The molecule has 0 aliphatic carbocycles. The number of halogens is 3. The number of alkyl halides is 3. The van der Waals surface area contributed by atoms with Gasteiger partial charge in [-0.05, 0) is 64.2 Å². The third kappa shape index (κ3) is 17.8. The Morgan fingerprint density at radius 2 is 1.68 bits per heavy atom. The van der Waals surface area contributed by atoms with Crippen LogP contribution in [0.4, 0.5) is 24.1 Å². The van der Waals surface area contributed by atoms with Gasteiger partial charge in [0.15, 0.2) is 5.13 Å². The zero-order valence-electron chi connectivity index (χ0n) is 27.2. The van der Waals surface area contributed by atoms with Gasteiger partial charge in [0.05, 0.1) is 11.8 Å². The number of nitrogens with two attached hydrogens (primary N) is 1. The molecule has 0 spiro atoms. The van der Waals surface area contributed by atoms with Crippen molar-refractivity contribution in [3.8, 4) is 0 Å². The number of aromatic nitrogens is 2. The molecule has 0 radical (unpaired) electrons. The Labute approximate surface area is 264 Å². The number of nitrogens with one attached hydrogen (secondary N) is 2. The molecule has 2 aromatic heterocycles. The number of allylic oxidation sites excluding steroid dienone is 3. The maximum atomic E-state index is 12.1. The van der Waals surface area contributed by atoms with Crippen molar-refractivity contribution >= 4 is 34.1 Å². The Bertz CT molecular complexity index is 1270. The summed E-state index contributed by atoms with van der Waals surface area (Å²) in [6.07, 6.45) is 3.57. The van der Waals surface area contributed by atoms with Crippen LogP contribution in [0.3, 0.4) is 0 Å². The fourth-order valence-electron chi connectivity index (χ4n) is 2.95. The summed E-state index contributed by atoms with van der Waals surface area (Å²) in [5.74, 6) is -0.302. The summed E-state index contributed by atoms with van der Waals surface area (Å²) in [5.41, 5.74) is 5.80. The largest absolute Gasteiger partial charge is 0.416 e. The summed E-state index contributed by atoms with van der Waals surface area (Å²) in [6.45, 7) is 18.0. The quantitative estimate of drug-likeness (QED) is 0.214. The van der Waals surface area contributed by atoms with Crippen molar-refractivity contribution in [3.05, 3.63) is 94.8 Å². The lowest BCUT2D eigenvalue weighted by Gasteiger charge is -2.09. The van der Waals surface area contributed by atoms with Crippen LogP contribution in [0, 0.1) is 0 Å². The van der Waals surface area contributed by atoms with Gasteiger partial charge in [0, 0.05) is 24.0 Å². The van der Waals surface area contributed by atoms with Gasteiger partial charge in [0.1, 0.15) is 10.7 Å². The fraction of sp³-hybridized carbons (Fsp3) is 0.375. The minimum Gasteiger partial charge on any atom is -0.366 e. The van der Waals surface area contributed by atoms with E-state index in [-0.39, 0.29) is 11.5 Å². The van der Waals surface area contributed by atoms with Gasteiger partial charge in [-0.3, -0.25) is 9.59 Å². The first kappa shape index (κ1) is 42.1. The Balaban J connectivity index is 0. The molecule has 3 rings (SSSR count). The van der Waals surface area contributed by atoms with E-state index in [4.69, 9.17) is 5.73 Å². The van der Waals surface area contributed by atoms with E-state index >= 15 is 0 Å². The summed E-state index contributed by atoms with van der Waals surface area (Å²) < 4.78 is 36.2. The number of amides is 2. The number of thiazole rings is 1. The van der Waals surface area contributed by atoms with Crippen molar-refractivity contribution in [2.45, 2.75) is 67.6 Å². The third-order valence-corrected chi connectivity index (χ3v) is 5.49. The van der Waals surface area contributed by atoms with Gasteiger partial charge in [0.2, 0.25) is 5.91 Å². The van der Waals surface area contributed by atoms with Crippen molar-refractivity contribution in [3.63, 3.8) is 0 Å². The molecule has 8 nitrogen and oxygen atoms in total. The van der Waals surface area contributed by atoms with E-state index in [0.717, 1.165) is 42.4 Å². The molecule has 2 amide bonds. The Kier molecular flexibility index (Phi) is 22.4. The van der Waals surface area contributed by atoms with Gasteiger partial charge >= 0.3 is 6.18 Å². The van der Waals surface area contributed by atoms with Gasteiger partial charge < -0.3 is 21.3 Å². The van der Waals surface area contributed by atoms with Crippen LogP contribution in [0.15, 0.2) is 73.2 Å². The number of anilines is 2. The average Bonchev–Trinajstić information content (AvgIpc) is 3.45. The number of hydrogen-bond acceptors (Lipinski definition) is 7. The van der Waals surface area contributed by atoms with Crippen LogP contribution in [0.5, 0.6) is 0 Å². The fourth-order valence-corrected chi connectivity index (χ4v) is 3.67. The first-order chi connectivity index (χ1) is 20.8. The van der Waals surface area contributed by atoms with E-state index in [2.05, 4.69) is 32.1 Å². The van der Waals surface area contributed by atoms with Crippen LogP contribution in [-0.2, 0) is 12.7 Å². The molecule has 244 valence electrons. The zero-order chi connectivity index (χ0) is 34.3. The number of carbonyl (C=O) groups is 2. The Morgan fingerprint density at radius 3 is 2.16 bits per heavy atom. The van der Waals surface area contributed by atoms with Crippen LogP contribution >= 0.6 is 11.3 Å². The van der Waals surface area contributed by atoms with Gasteiger partial charge in [-0.1, -0.05) is 70.2 Å². The van der Waals surface area contributed by atoms with E-state index in [1.165, 1.54) is 17.4 Å². The molecule has 0 unspecified atom stereocenters. The molecule has 2 heterocycles. The van der Waals surface area contributed by atoms with E-state index in [1.807, 2.05) is 87.0 Å². The lowest BCUT2D eigenvalue weighted by Crippen LogP contribution is -2.20. The molecule has 0 aliphatic heterocycles. The van der Waals surface area contributed by atoms with Crippen molar-refractivity contribution < 1.29 is 22.8 Å². The van der Waals surface area contributed by atoms with Gasteiger partial charge in [-0.15, -0.1) is 6.58 Å². The summed E-state index contributed by atoms with van der Waals surface area (Å²) in [6, 6.07) is 7.92. The van der Waals surface area contributed by atoms with E-state index in [1.54, 1.807) is 12.3 Å². The predicted molar refractivity (Wildman–Crippen MR) is 177 cm³/mol. The normalized spacial score (nSPS) is 10.2. The van der Waals surface area contributed by atoms with Crippen molar-refractivity contribution in [1.29, 1.82) is 0 Å². The summed E-state index contributed by atoms with van der Waals surface area (Å²) in [4.78, 5) is 33.9. The molecule has 0 saturated carbocycles. The van der Waals surface area contributed by atoms with E-state index < -0.39 is 17.6 Å². The van der Waals surface area contributed by atoms with Crippen molar-refractivity contribution in [2.75, 3.05) is 19.4 Å². The van der Waals surface area contributed by atoms with Crippen molar-refractivity contribution in [2.24, 2.45) is 5.73 Å². The Hall–Kier alpha value is -4.03. The van der Waals surface area contributed by atoms with Crippen LogP contribution in [-0.4, -0.2) is 40.8 Å². The number of benzene rings is 1. The number of carbonyl (C=O) groups excluding carboxylic acids is 2. The maximum absolute atomic E-state index is 12.1. The highest BCUT2D eigenvalue weighted by atomic mass is 32.1. The molecule has 0 fully saturated rings. The molecule has 44 heavy (non-hydrogen) atoms. The maximum Gasteiger partial charge on any atom is 0.416 e. The smallest absolute Gasteiger partial charge is 0.366 e. The minimum absolute atomic E-state index is 0.142. The van der Waals surface area contributed by atoms with Crippen LogP contribution < -0.4 is 16.4 Å². The SMILES string of the molecule is C=CC.CC.CC.CC/C=C(\C)NC(=O)c1cnc(Nc2ccc(CN(C)C)cn2)s1.NC(=O)c1cccc(C(F)(F)F)c1. The lowest BCUT2D eigenvalue weighted by atomic mass is 10.1. The monoisotopic (exact) mass is 636 g/mol. The number of rotatable bonds is 8. The minimum atomic E-state index is -4.44. The first-order valence-corrected chi connectivity index (χ1v) is 15.0. The van der Waals surface area contributed by atoms with E-state index in [9.17, 15) is 22.8 Å². The molecule has 0 saturated heterocycles. The van der Waals surface area contributed by atoms with E-state index in [0.29, 0.717) is 15.8 Å². The number of nitrogens with zero attached hydrogens (tertiary/aromatic N) is 3. The number of hydrogen-bond donors (Lipinski definition) is 3. The van der Waals surface area contributed by atoms with Gasteiger partial charge in [-0.2, -0.15) is 13.2 Å². The van der Waals surface area contributed by atoms with Crippen LogP contribution in [0.25, 0.3) is 0 Å². The van der Waals surface area contributed by atoms with Gasteiger partial charge in [-0.25, -0.2) is 9.97 Å². The highest BCUT2D eigenvalue weighted by Gasteiger charge is 2.30. The molecular formula is C32H47F3N6O2S.